The lowest BCUT2D eigenvalue weighted by molar-refractivity contribution is -0.149. The van der Waals surface area contributed by atoms with E-state index in [-0.39, 0.29) is 6.61 Å². The largest absolute Gasteiger partial charge is 0.493 e. The average molecular weight is 365 g/mol. The van der Waals surface area contributed by atoms with Crippen LogP contribution < -0.4 is 14.8 Å². The maximum absolute atomic E-state index is 12.1. The molecule has 1 N–H and O–H groups in total. The zero-order chi connectivity index (χ0) is 19.1. The molecule has 3 aromatic carbocycles. The number of esters is 1. The summed E-state index contributed by atoms with van der Waals surface area (Å²) < 4.78 is 15.5. The fourth-order valence-corrected chi connectivity index (χ4v) is 2.58. The number of hydrogen-bond donors (Lipinski definition) is 1. The van der Waals surface area contributed by atoms with Crippen LogP contribution in [0.4, 0.5) is 5.69 Å². The Kier molecular flexibility index (Phi) is 5.89. The molecule has 27 heavy (non-hydrogen) atoms. The van der Waals surface area contributed by atoms with E-state index in [1.807, 2.05) is 36.4 Å². The highest BCUT2D eigenvalue weighted by atomic mass is 16.6. The van der Waals surface area contributed by atoms with Crippen molar-refractivity contribution in [2.45, 2.75) is 0 Å². The lowest BCUT2D eigenvalue weighted by Gasteiger charge is -2.11. The van der Waals surface area contributed by atoms with E-state index in [1.165, 1.54) is 7.11 Å². The van der Waals surface area contributed by atoms with Gasteiger partial charge in [-0.2, -0.15) is 0 Å². The Labute approximate surface area is 156 Å². The standard InChI is InChI=1S/C21H19NO5/c1-25-18-11-4-5-12-19(18)26-14-21(24)27-13-20(23)22-17-10-6-8-15-7-2-3-9-16(15)17/h2-12H,13-14H2,1H3,(H,22,23). The molecule has 6 heteroatoms. The van der Waals surface area contributed by atoms with Crippen LogP contribution in [0.25, 0.3) is 10.8 Å². The van der Waals surface area contributed by atoms with Gasteiger partial charge in [-0.1, -0.05) is 48.5 Å². The lowest BCUT2D eigenvalue weighted by Crippen LogP contribution is -2.23. The Morgan fingerprint density at radius 2 is 1.56 bits per heavy atom. The minimum absolute atomic E-state index is 0.318. The molecule has 0 aliphatic carbocycles. The van der Waals surface area contributed by atoms with Gasteiger partial charge in [-0.3, -0.25) is 4.79 Å². The second-order valence-corrected chi connectivity index (χ2v) is 5.68. The van der Waals surface area contributed by atoms with Gasteiger partial charge < -0.3 is 19.5 Å². The molecule has 0 unspecified atom stereocenters. The molecular formula is C21H19NO5. The quantitative estimate of drug-likeness (QED) is 0.650. The van der Waals surface area contributed by atoms with Gasteiger partial charge >= 0.3 is 5.97 Å². The molecule has 0 saturated carbocycles. The van der Waals surface area contributed by atoms with Crippen molar-refractivity contribution >= 4 is 28.3 Å². The molecule has 0 aliphatic rings. The van der Waals surface area contributed by atoms with Crippen LogP contribution in [0.5, 0.6) is 11.5 Å². The van der Waals surface area contributed by atoms with E-state index in [0.29, 0.717) is 17.2 Å². The van der Waals surface area contributed by atoms with E-state index >= 15 is 0 Å². The average Bonchev–Trinajstić information content (AvgIpc) is 2.71. The van der Waals surface area contributed by atoms with Gasteiger partial charge in [0.05, 0.1) is 7.11 Å². The molecule has 0 saturated heterocycles. The maximum atomic E-state index is 12.1. The molecule has 0 atom stereocenters. The topological polar surface area (TPSA) is 73.9 Å². The van der Waals surface area contributed by atoms with Crippen LogP contribution in [0.3, 0.4) is 0 Å². The van der Waals surface area contributed by atoms with Crippen molar-refractivity contribution in [3.05, 3.63) is 66.7 Å². The summed E-state index contributed by atoms with van der Waals surface area (Å²) in [6.45, 7) is -0.709. The van der Waals surface area contributed by atoms with Gasteiger partial charge in [0, 0.05) is 11.1 Å². The summed E-state index contributed by atoms with van der Waals surface area (Å²) in [6, 6.07) is 20.3. The SMILES string of the molecule is COc1ccccc1OCC(=O)OCC(=O)Nc1cccc2ccccc12. The summed E-state index contributed by atoms with van der Waals surface area (Å²) in [5.74, 6) is -0.123. The lowest BCUT2D eigenvalue weighted by atomic mass is 10.1. The Hall–Kier alpha value is -3.54. The van der Waals surface area contributed by atoms with Crippen molar-refractivity contribution in [2.75, 3.05) is 25.6 Å². The number of anilines is 1. The fourth-order valence-electron chi connectivity index (χ4n) is 2.58. The Bertz CT molecular complexity index is 949. The smallest absolute Gasteiger partial charge is 0.344 e. The molecule has 0 aromatic heterocycles. The number of ether oxygens (including phenoxy) is 3. The van der Waals surface area contributed by atoms with Crippen molar-refractivity contribution in [3.8, 4) is 11.5 Å². The van der Waals surface area contributed by atoms with E-state index < -0.39 is 18.5 Å². The highest BCUT2D eigenvalue weighted by Gasteiger charge is 2.11. The highest BCUT2D eigenvalue weighted by molar-refractivity contribution is 6.02. The van der Waals surface area contributed by atoms with Crippen LogP contribution in [0.1, 0.15) is 0 Å². The molecular weight excluding hydrogens is 346 g/mol. The number of hydrogen-bond acceptors (Lipinski definition) is 5. The number of rotatable bonds is 7. The van der Waals surface area contributed by atoms with Crippen molar-refractivity contribution in [2.24, 2.45) is 0 Å². The Balaban J connectivity index is 1.50. The van der Waals surface area contributed by atoms with Crippen LogP contribution >= 0.6 is 0 Å². The third kappa shape index (κ3) is 4.76. The summed E-state index contributed by atoms with van der Waals surface area (Å²) in [4.78, 5) is 23.9. The van der Waals surface area contributed by atoms with Crippen LogP contribution in [-0.2, 0) is 14.3 Å². The van der Waals surface area contributed by atoms with Crippen LogP contribution in [0, 0.1) is 0 Å². The third-order valence-corrected chi connectivity index (χ3v) is 3.84. The summed E-state index contributed by atoms with van der Waals surface area (Å²) in [6.07, 6.45) is 0. The molecule has 138 valence electrons. The molecule has 6 nitrogen and oxygen atoms in total. The maximum Gasteiger partial charge on any atom is 0.344 e. The number of nitrogens with one attached hydrogen (secondary N) is 1. The van der Waals surface area contributed by atoms with Gasteiger partial charge in [0.15, 0.2) is 24.7 Å². The molecule has 1 amide bonds. The number of carbonyl (C=O) groups is 2. The molecule has 0 aliphatic heterocycles. The first-order chi connectivity index (χ1) is 13.2. The second kappa shape index (κ2) is 8.71. The number of amides is 1. The molecule has 3 rings (SSSR count). The van der Waals surface area contributed by atoms with Gasteiger partial charge in [-0.15, -0.1) is 0 Å². The van der Waals surface area contributed by atoms with Gasteiger partial charge in [0.25, 0.3) is 5.91 Å². The zero-order valence-corrected chi connectivity index (χ0v) is 14.8. The van der Waals surface area contributed by atoms with E-state index in [2.05, 4.69) is 5.32 Å². The predicted octanol–water partition coefficient (Wildman–Crippen LogP) is 3.41. The summed E-state index contributed by atoms with van der Waals surface area (Å²) in [5.41, 5.74) is 0.666. The first kappa shape index (κ1) is 18.3. The highest BCUT2D eigenvalue weighted by Crippen LogP contribution is 2.25. The van der Waals surface area contributed by atoms with Gasteiger partial charge in [-0.05, 0) is 23.6 Å². The Morgan fingerprint density at radius 3 is 2.37 bits per heavy atom. The number of methoxy groups -OCH3 is 1. The summed E-state index contributed by atoms with van der Waals surface area (Å²) >= 11 is 0. The monoisotopic (exact) mass is 365 g/mol. The third-order valence-electron chi connectivity index (χ3n) is 3.84. The number of fused-ring (bicyclic) bond motifs is 1. The number of benzene rings is 3. The zero-order valence-electron chi connectivity index (χ0n) is 14.8. The Morgan fingerprint density at radius 1 is 0.852 bits per heavy atom. The molecule has 0 bridgehead atoms. The van der Waals surface area contributed by atoms with E-state index in [0.717, 1.165) is 10.8 Å². The van der Waals surface area contributed by atoms with Gasteiger partial charge in [-0.25, -0.2) is 4.79 Å². The first-order valence-electron chi connectivity index (χ1n) is 8.36. The summed E-state index contributed by atoms with van der Waals surface area (Å²) in [7, 11) is 1.51. The normalized spacial score (nSPS) is 10.3. The van der Waals surface area contributed by atoms with Crippen LogP contribution in [0.2, 0.25) is 0 Å². The van der Waals surface area contributed by atoms with E-state index in [1.54, 1.807) is 30.3 Å². The van der Waals surface area contributed by atoms with Crippen molar-refractivity contribution in [3.63, 3.8) is 0 Å². The molecule has 0 heterocycles. The number of para-hydroxylation sites is 2. The minimum atomic E-state index is -0.644. The summed E-state index contributed by atoms with van der Waals surface area (Å²) in [5, 5.41) is 4.68. The molecule has 3 aromatic rings. The van der Waals surface area contributed by atoms with Crippen molar-refractivity contribution in [1.29, 1.82) is 0 Å². The van der Waals surface area contributed by atoms with E-state index in [4.69, 9.17) is 14.2 Å². The molecule has 0 radical (unpaired) electrons. The van der Waals surface area contributed by atoms with Crippen molar-refractivity contribution in [1.82, 2.24) is 0 Å². The minimum Gasteiger partial charge on any atom is -0.493 e. The molecule has 0 spiro atoms. The predicted molar refractivity (Wildman–Crippen MR) is 102 cm³/mol. The van der Waals surface area contributed by atoms with E-state index in [9.17, 15) is 9.59 Å². The fraction of sp³-hybridized carbons (Fsp3) is 0.143. The first-order valence-corrected chi connectivity index (χ1v) is 8.36. The second-order valence-electron chi connectivity index (χ2n) is 5.68. The van der Waals surface area contributed by atoms with Crippen LogP contribution in [0.15, 0.2) is 66.7 Å². The van der Waals surface area contributed by atoms with Gasteiger partial charge in [0.2, 0.25) is 0 Å². The number of carbonyl (C=O) groups excluding carboxylic acids is 2. The molecule has 0 fully saturated rings. The van der Waals surface area contributed by atoms with Crippen molar-refractivity contribution < 1.29 is 23.8 Å². The van der Waals surface area contributed by atoms with Gasteiger partial charge in [0.1, 0.15) is 0 Å². The van der Waals surface area contributed by atoms with Crippen LogP contribution in [-0.4, -0.2) is 32.2 Å².